The molecule has 5 nitrogen and oxygen atoms in total. The van der Waals surface area contributed by atoms with Gasteiger partial charge < -0.3 is 10.8 Å². The number of carboxylic acid groups (broad SMARTS) is 1. The van der Waals surface area contributed by atoms with Crippen molar-refractivity contribution in [3.63, 3.8) is 0 Å². The normalized spacial score (nSPS) is 11.3. The Morgan fingerprint density at radius 1 is 1.40 bits per heavy atom. The summed E-state index contributed by atoms with van der Waals surface area (Å²) in [5.41, 5.74) is 5.11. The molecular weight excluding hydrogens is 218 g/mol. The summed E-state index contributed by atoms with van der Waals surface area (Å²) in [6.45, 7) is 0.0135. The van der Waals surface area contributed by atoms with Crippen LogP contribution in [0.3, 0.4) is 0 Å². The summed E-state index contributed by atoms with van der Waals surface area (Å²) in [6, 6.07) is 5.22. The van der Waals surface area contributed by atoms with Crippen LogP contribution in [0, 0.1) is 0 Å². The molecule has 0 saturated heterocycles. The summed E-state index contributed by atoms with van der Waals surface area (Å²) in [5, 5.41) is 8.69. The molecule has 0 aliphatic rings. The van der Waals surface area contributed by atoms with Gasteiger partial charge in [-0.1, -0.05) is 6.07 Å². The second-order valence-corrected chi connectivity index (χ2v) is 5.05. The van der Waals surface area contributed by atoms with E-state index in [0.717, 1.165) is 6.07 Å². The van der Waals surface area contributed by atoms with Crippen molar-refractivity contribution in [1.29, 1.82) is 0 Å². The molecule has 1 rings (SSSR count). The van der Waals surface area contributed by atoms with E-state index in [1.165, 1.54) is 18.2 Å². The lowest BCUT2D eigenvalue weighted by atomic mass is 10.2. The van der Waals surface area contributed by atoms with Gasteiger partial charge in [-0.3, -0.25) is 0 Å². The van der Waals surface area contributed by atoms with Crippen LogP contribution < -0.4 is 5.73 Å². The molecule has 3 N–H and O–H groups in total. The Kier molecular flexibility index (Phi) is 3.43. The van der Waals surface area contributed by atoms with E-state index < -0.39 is 15.8 Å². The fraction of sp³-hybridized carbons (Fsp3) is 0.222. The van der Waals surface area contributed by atoms with Crippen LogP contribution in [0.1, 0.15) is 10.4 Å². The van der Waals surface area contributed by atoms with Crippen LogP contribution in [-0.2, 0) is 9.84 Å². The quantitative estimate of drug-likeness (QED) is 0.764. The fourth-order valence-corrected chi connectivity index (χ4v) is 2.23. The molecule has 1 aromatic rings. The van der Waals surface area contributed by atoms with Crippen LogP contribution in [0.2, 0.25) is 0 Å². The van der Waals surface area contributed by atoms with E-state index in [-0.39, 0.29) is 22.8 Å². The Balaban J connectivity index is 3.16. The molecule has 0 fully saturated rings. The van der Waals surface area contributed by atoms with Crippen molar-refractivity contribution < 1.29 is 18.3 Å². The molecule has 0 aromatic heterocycles. The minimum atomic E-state index is -3.45. The van der Waals surface area contributed by atoms with Crippen LogP contribution in [0.15, 0.2) is 29.2 Å². The highest BCUT2D eigenvalue weighted by Crippen LogP contribution is 2.12. The number of sulfone groups is 1. The van der Waals surface area contributed by atoms with E-state index in [1.807, 2.05) is 0 Å². The van der Waals surface area contributed by atoms with Gasteiger partial charge in [0.25, 0.3) is 0 Å². The zero-order valence-corrected chi connectivity index (χ0v) is 8.70. The molecule has 0 radical (unpaired) electrons. The van der Waals surface area contributed by atoms with E-state index in [1.54, 1.807) is 0 Å². The Bertz CT molecular complexity index is 467. The third-order valence-electron chi connectivity index (χ3n) is 1.83. The van der Waals surface area contributed by atoms with Gasteiger partial charge in [0, 0.05) is 6.54 Å². The van der Waals surface area contributed by atoms with Gasteiger partial charge in [-0.05, 0) is 18.2 Å². The third kappa shape index (κ3) is 2.77. The maximum absolute atomic E-state index is 11.5. The van der Waals surface area contributed by atoms with E-state index in [4.69, 9.17) is 10.8 Å². The summed E-state index contributed by atoms with van der Waals surface area (Å²) in [5.74, 6) is -1.34. The van der Waals surface area contributed by atoms with Crippen molar-refractivity contribution >= 4 is 15.8 Å². The van der Waals surface area contributed by atoms with Crippen LogP contribution in [0.25, 0.3) is 0 Å². The van der Waals surface area contributed by atoms with Crippen LogP contribution in [0.4, 0.5) is 0 Å². The number of benzene rings is 1. The van der Waals surface area contributed by atoms with E-state index in [2.05, 4.69) is 0 Å². The molecule has 0 aliphatic heterocycles. The molecule has 15 heavy (non-hydrogen) atoms. The molecule has 0 spiro atoms. The van der Waals surface area contributed by atoms with Crippen molar-refractivity contribution in [2.75, 3.05) is 12.3 Å². The average molecular weight is 229 g/mol. The van der Waals surface area contributed by atoms with Crippen molar-refractivity contribution in [2.45, 2.75) is 4.90 Å². The Labute approximate surface area is 87.4 Å². The first-order valence-corrected chi connectivity index (χ1v) is 5.89. The van der Waals surface area contributed by atoms with E-state index >= 15 is 0 Å². The topological polar surface area (TPSA) is 97.5 Å². The first-order valence-electron chi connectivity index (χ1n) is 4.23. The summed E-state index contributed by atoms with van der Waals surface area (Å²) < 4.78 is 23.1. The van der Waals surface area contributed by atoms with Gasteiger partial charge in [-0.2, -0.15) is 0 Å². The second kappa shape index (κ2) is 4.41. The van der Waals surface area contributed by atoms with Gasteiger partial charge in [0.15, 0.2) is 9.84 Å². The first-order chi connectivity index (χ1) is 6.97. The molecular formula is C9H11NO4S. The lowest BCUT2D eigenvalue weighted by molar-refractivity contribution is 0.0696. The molecule has 0 amide bonds. The third-order valence-corrected chi connectivity index (χ3v) is 3.57. The van der Waals surface area contributed by atoms with E-state index in [0.29, 0.717) is 0 Å². The number of hydrogen-bond donors (Lipinski definition) is 2. The number of rotatable bonds is 4. The van der Waals surface area contributed by atoms with Gasteiger partial charge in [-0.25, -0.2) is 13.2 Å². The number of hydrogen-bond acceptors (Lipinski definition) is 4. The van der Waals surface area contributed by atoms with Gasteiger partial charge in [0.2, 0.25) is 0 Å². The molecule has 0 bridgehead atoms. The number of aromatic carboxylic acids is 1. The minimum absolute atomic E-state index is 0.00662. The van der Waals surface area contributed by atoms with Crippen molar-refractivity contribution in [3.05, 3.63) is 29.8 Å². The zero-order chi connectivity index (χ0) is 11.5. The Morgan fingerprint density at radius 2 is 2.07 bits per heavy atom. The maximum Gasteiger partial charge on any atom is 0.335 e. The smallest absolute Gasteiger partial charge is 0.335 e. The second-order valence-electron chi connectivity index (χ2n) is 2.94. The van der Waals surface area contributed by atoms with Crippen molar-refractivity contribution in [2.24, 2.45) is 5.73 Å². The predicted molar refractivity (Wildman–Crippen MR) is 54.5 cm³/mol. The standard InChI is InChI=1S/C9H11NO4S/c10-4-5-15(13,14)8-3-1-2-7(6-8)9(11)12/h1-3,6H,4-5,10H2,(H,11,12). The molecule has 1 aromatic carbocycles. The highest BCUT2D eigenvalue weighted by Gasteiger charge is 2.14. The van der Waals surface area contributed by atoms with Gasteiger partial charge in [-0.15, -0.1) is 0 Å². The van der Waals surface area contributed by atoms with Crippen molar-refractivity contribution in [1.82, 2.24) is 0 Å². The SMILES string of the molecule is NCCS(=O)(=O)c1cccc(C(=O)O)c1. The lowest BCUT2D eigenvalue weighted by Crippen LogP contribution is -2.16. The van der Waals surface area contributed by atoms with Gasteiger partial charge in [0.05, 0.1) is 16.2 Å². The molecule has 0 aliphatic carbocycles. The largest absolute Gasteiger partial charge is 0.478 e. The maximum atomic E-state index is 11.5. The highest BCUT2D eigenvalue weighted by atomic mass is 32.2. The summed E-state index contributed by atoms with van der Waals surface area (Å²) in [6.07, 6.45) is 0. The van der Waals surface area contributed by atoms with Gasteiger partial charge >= 0.3 is 5.97 Å². The molecule has 6 heteroatoms. The fourth-order valence-electron chi connectivity index (χ4n) is 1.10. The number of nitrogens with two attached hydrogens (primary N) is 1. The molecule has 0 atom stereocenters. The lowest BCUT2D eigenvalue weighted by Gasteiger charge is -2.03. The summed E-state index contributed by atoms with van der Waals surface area (Å²) >= 11 is 0. The van der Waals surface area contributed by atoms with Gasteiger partial charge in [0.1, 0.15) is 0 Å². The van der Waals surface area contributed by atoms with Crippen LogP contribution in [0.5, 0.6) is 0 Å². The summed E-state index contributed by atoms with van der Waals surface area (Å²) in [7, 11) is -3.45. The molecule has 0 saturated carbocycles. The predicted octanol–water partition coefficient (Wildman–Crippen LogP) is 0.117. The minimum Gasteiger partial charge on any atom is -0.478 e. The van der Waals surface area contributed by atoms with Crippen molar-refractivity contribution in [3.8, 4) is 0 Å². The number of carboxylic acids is 1. The Morgan fingerprint density at radius 3 is 2.60 bits per heavy atom. The zero-order valence-electron chi connectivity index (χ0n) is 7.88. The molecule has 82 valence electrons. The summed E-state index contributed by atoms with van der Waals surface area (Å²) in [4.78, 5) is 10.6. The number of carbonyl (C=O) groups is 1. The average Bonchev–Trinajstić information content (AvgIpc) is 2.18. The molecule has 0 heterocycles. The van der Waals surface area contributed by atoms with Crippen LogP contribution >= 0.6 is 0 Å². The van der Waals surface area contributed by atoms with E-state index in [9.17, 15) is 13.2 Å². The monoisotopic (exact) mass is 229 g/mol. The Hall–Kier alpha value is -1.40. The first kappa shape index (κ1) is 11.7. The van der Waals surface area contributed by atoms with Crippen LogP contribution in [-0.4, -0.2) is 31.8 Å². The highest BCUT2D eigenvalue weighted by molar-refractivity contribution is 7.91. The molecule has 0 unspecified atom stereocenters.